The Kier molecular flexibility index (Phi) is 19.5. The molecule has 2 amide bonds. The summed E-state index contributed by atoms with van der Waals surface area (Å²) >= 11 is 0. The third-order valence-electron chi connectivity index (χ3n) is 11.2. The number of nitrogens with zero attached hydrogens (tertiary/aromatic N) is 1. The number of amides is 2. The Bertz CT molecular complexity index is 2670. The van der Waals surface area contributed by atoms with Crippen LogP contribution in [-0.4, -0.2) is 70.8 Å². The van der Waals surface area contributed by atoms with Crippen LogP contribution in [0, 0.1) is 0 Å². The van der Waals surface area contributed by atoms with Gasteiger partial charge in [-0.3, -0.25) is 24.0 Å². The number of carboxylic acids is 2. The van der Waals surface area contributed by atoms with Crippen LogP contribution in [0.1, 0.15) is 85.2 Å². The smallest absolute Gasteiger partial charge is 0.662 e. The van der Waals surface area contributed by atoms with Gasteiger partial charge in [-0.25, -0.2) is 14.4 Å². The van der Waals surface area contributed by atoms with Crippen LogP contribution in [0.4, 0.5) is 4.79 Å². The van der Waals surface area contributed by atoms with E-state index in [9.17, 15) is 28.8 Å². The van der Waals surface area contributed by atoms with E-state index in [1.54, 1.807) is 48.5 Å². The summed E-state index contributed by atoms with van der Waals surface area (Å²) in [6, 6.07) is 45.5. The molecule has 1 saturated heterocycles. The second-order valence-electron chi connectivity index (χ2n) is 15.3. The number of imide groups is 1. The molecule has 1 heterocycles. The monoisotopic (exact) mass is 944 g/mol. The predicted octanol–water partition coefficient (Wildman–Crippen LogP) is 3.97. The number of aromatic carboxylic acids is 2. The van der Waals surface area contributed by atoms with Crippen molar-refractivity contribution in [3.8, 4) is 22.3 Å². The van der Waals surface area contributed by atoms with Crippen LogP contribution in [0.5, 0.6) is 0 Å². The minimum atomic E-state index is -1.05. The number of carbonyl (C=O) groups is 7. The Balaban J connectivity index is 0.000000198. The maximum Gasteiger partial charge on any atom is 1.00 e. The Morgan fingerprint density at radius 1 is 0.594 bits per heavy atom. The van der Waals surface area contributed by atoms with Crippen LogP contribution >= 0.6 is 0 Å². The molecule has 0 aromatic heterocycles. The maximum atomic E-state index is 12.3. The average Bonchev–Trinajstić information content (AvgIpc) is 3.99. The number of nitrogens with two attached hydrogens (primary N) is 1. The molecule has 6 aromatic carbocycles. The van der Waals surface area contributed by atoms with Crippen molar-refractivity contribution in [1.82, 2.24) is 5.06 Å². The van der Waals surface area contributed by atoms with Gasteiger partial charge in [-0.2, -0.15) is 0 Å². The van der Waals surface area contributed by atoms with Gasteiger partial charge in [0.15, 0.2) is 0 Å². The van der Waals surface area contributed by atoms with E-state index in [-0.39, 0.29) is 85.3 Å². The number of ether oxygens (including phenoxy) is 2. The number of fused-ring (bicyclic) bond motifs is 6. The molecule has 69 heavy (non-hydrogen) atoms. The SMILES string of the molecule is NCc1ccc(C(=O)O)cc1.O=C(CCc1ccc(C(=O)O)cc1)OCC1c2ccccc2-c2ccccc21.O=C(OCC1c2ccccc2-c2ccccc21)ON1C(=O)CCC1=O.O=CO[O-].[Na+]. The first kappa shape index (κ1) is 52.5. The number of rotatable bonds is 12. The summed E-state index contributed by atoms with van der Waals surface area (Å²) in [7, 11) is 0. The first-order valence-corrected chi connectivity index (χ1v) is 21.2. The molecule has 1 aliphatic heterocycles. The molecule has 0 unspecified atom stereocenters. The molecule has 2 aliphatic carbocycles. The number of benzene rings is 6. The summed E-state index contributed by atoms with van der Waals surface area (Å²) in [5, 5.41) is 26.4. The molecular formula is C52H45N2NaO14. The molecule has 1 fully saturated rings. The summed E-state index contributed by atoms with van der Waals surface area (Å²) < 4.78 is 10.8. The molecule has 0 spiro atoms. The molecule has 16 nitrogen and oxygen atoms in total. The zero-order valence-electron chi connectivity index (χ0n) is 37.4. The zero-order chi connectivity index (χ0) is 48.6. The molecule has 0 saturated carbocycles. The van der Waals surface area contributed by atoms with Gasteiger partial charge in [0.2, 0.25) is 0 Å². The Hall–Kier alpha value is -7.47. The third-order valence-corrected chi connectivity index (χ3v) is 11.2. The van der Waals surface area contributed by atoms with E-state index in [4.69, 9.17) is 40.3 Å². The maximum absolute atomic E-state index is 12.3. The van der Waals surface area contributed by atoms with Gasteiger partial charge in [-0.15, -0.1) is 0 Å². The largest absolute Gasteiger partial charge is 1.00 e. The van der Waals surface area contributed by atoms with E-state index in [0.29, 0.717) is 30.2 Å². The van der Waals surface area contributed by atoms with Gasteiger partial charge < -0.3 is 35.6 Å². The van der Waals surface area contributed by atoms with Gasteiger partial charge in [-0.1, -0.05) is 126 Å². The molecule has 6 aromatic rings. The van der Waals surface area contributed by atoms with Gasteiger partial charge in [0.25, 0.3) is 18.3 Å². The van der Waals surface area contributed by atoms with Crippen LogP contribution in [0.15, 0.2) is 146 Å². The first-order valence-electron chi connectivity index (χ1n) is 21.2. The third kappa shape index (κ3) is 13.6. The molecule has 4 N–H and O–H groups in total. The van der Waals surface area contributed by atoms with Crippen LogP contribution in [-0.2, 0) is 51.3 Å². The van der Waals surface area contributed by atoms with Crippen LogP contribution in [0.25, 0.3) is 22.3 Å². The van der Waals surface area contributed by atoms with Gasteiger partial charge in [-0.05, 0) is 86.3 Å². The van der Waals surface area contributed by atoms with Gasteiger partial charge >= 0.3 is 53.6 Å². The van der Waals surface area contributed by atoms with Crippen molar-refractivity contribution in [2.45, 2.75) is 44.1 Å². The van der Waals surface area contributed by atoms with Crippen molar-refractivity contribution in [3.63, 3.8) is 0 Å². The number of hydroxylamine groups is 2. The predicted molar refractivity (Wildman–Crippen MR) is 242 cm³/mol. The summed E-state index contributed by atoms with van der Waals surface area (Å²) in [5.74, 6) is -3.21. The van der Waals surface area contributed by atoms with Crippen molar-refractivity contribution in [2.75, 3.05) is 13.2 Å². The molecule has 9 rings (SSSR count). The number of carbonyl (C=O) groups excluding carboxylic acids is 5. The fourth-order valence-corrected chi connectivity index (χ4v) is 7.88. The number of aryl methyl sites for hydroxylation is 1. The molecular weight excluding hydrogens is 900 g/mol. The van der Waals surface area contributed by atoms with Crippen LogP contribution in [0.3, 0.4) is 0 Å². The summed E-state index contributed by atoms with van der Waals surface area (Å²) in [6.45, 7) is 0.661. The minimum absolute atomic E-state index is 0. The van der Waals surface area contributed by atoms with E-state index in [1.165, 1.54) is 22.3 Å². The molecule has 17 heteroatoms. The number of carboxylic acid groups (broad SMARTS) is 2. The van der Waals surface area contributed by atoms with Gasteiger partial charge in [0, 0.05) is 37.6 Å². The summed E-state index contributed by atoms with van der Waals surface area (Å²) in [5.41, 5.74) is 16.9. The Morgan fingerprint density at radius 3 is 1.32 bits per heavy atom. The molecule has 0 atom stereocenters. The molecule has 0 bridgehead atoms. The van der Waals surface area contributed by atoms with Gasteiger partial charge in [0.1, 0.15) is 13.2 Å². The Morgan fingerprint density at radius 2 is 0.957 bits per heavy atom. The normalized spacial score (nSPS) is 12.6. The minimum Gasteiger partial charge on any atom is -0.662 e. The number of hydrogen-bond donors (Lipinski definition) is 3. The van der Waals surface area contributed by atoms with Crippen LogP contribution < -0.4 is 40.5 Å². The summed E-state index contributed by atoms with van der Waals surface area (Å²) in [6.07, 6.45) is -0.158. The Labute approximate surface area is 418 Å². The number of esters is 1. The average molecular weight is 945 g/mol. The standard InChI is InChI=1S/C24H20O4.C19H15NO5.C8H9NO2.CH2O3.Na/c25-23(14-11-16-9-12-17(13-10-16)24(26)27)28-15-22-20-7-3-1-5-18(20)19-6-2-4-8-21(19)22;21-17-9-10-18(22)20(17)25-19(23)24-11-16-14-7-3-1-5-12(14)13-6-2-4-8-15(13)16;9-5-6-1-3-7(4-2-6)8(10)11;2-1-4-3;/h1-10,12-13,22H,11,14-15H2,(H,26,27);1-8,16H,9-11H2;1-4H,5,9H2,(H,10,11);1,3H;/q;;;;+1/p-1. The van der Waals surface area contributed by atoms with Gasteiger partial charge in [0.05, 0.1) is 11.1 Å². The molecule has 348 valence electrons. The van der Waals surface area contributed by atoms with E-state index in [1.807, 2.05) is 72.8 Å². The topological polar surface area (TPSA) is 249 Å². The van der Waals surface area contributed by atoms with E-state index in [2.05, 4.69) is 29.2 Å². The first-order chi connectivity index (χ1) is 32.9. The van der Waals surface area contributed by atoms with Crippen molar-refractivity contribution in [3.05, 3.63) is 190 Å². The fraction of sp³-hybridized carbons (Fsp3) is 0.173. The van der Waals surface area contributed by atoms with E-state index in [0.717, 1.165) is 33.4 Å². The molecule has 0 radical (unpaired) electrons. The van der Waals surface area contributed by atoms with Crippen LogP contribution in [0.2, 0.25) is 0 Å². The molecule has 3 aliphatic rings. The second-order valence-corrected chi connectivity index (χ2v) is 15.3. The van der Waals surface area contributed by atoms with Crippen molar-refractivity contribution in [1.29, 1.82) is 0 Å². The van der Waals surface area contributed by atoms with Crippen molar-refractivity contribution < 1.29 is 97.8 Å². The number of hydrogen-bond acceptors (Lipinski definition) is 13. The van der Waals surface area contributed by atoms with E-state index < -0.39 is 29.9 Å². The quantitative estimate of drug-likeness (QED) is 0.0392. The van der Waals surface area contributed by atoms with Crippen molar-refractivity contribution in [2.24, 2.45) is 5.73 Å². The second kappa shape index (κ2) is 25.6. The van der Waals surface area contributed by atoms with Crippen molar-refractivity contribution >= 4 is 42.3 Å². The fourth-order valence-electron chi connectivity index (χ4n) is 7.88. The van der Waals surface area contributed by atoms with E-state index >= 15 is 0 Å². The summed E-state index contributed by atoms with van der Waals surface area (Å²) in [4.78, 5) is 84.4. The zero-order valence-corrected chi connectivity index (χ0v) is 39.4.